The molecule has 0 aliphatic carbocycles. The van der Waals surface area contributed by atoms with Crippen molar-refractivity contribution in [1.82, 2.24) is 9.38 Å². The van der Waals surface area contributed by atoms with Crippen LogP contribution in [0.15, 0.2) is 6.20 Å². The predicted molar refractivity (Wildman–Crippen MR) is 140 cm³/mol. The number of rotatable bonds is 12. The molecule has 0 fully saturated rings. The van der Waals surface area contributed by atoms with Crippen molar-refractivity contribution in [1.29, 1.82) is 0 Å². The molecule has 0 unspecified atom stereocenters. The Labute approximate surface area is 195 Å². The molecule has 0 saturated carbocycles. The third kappa shape index (κ3) is 5.66. The molecule has 0 radical (unpaired) electrons. The molecular weight excluding hydrogens is 511 g/mol. The van der Waals surface area contributed by atoms with E-state index in [1.807, 2.05) is 11.3 Å². The standard InChI is InChI=1S/C12H19N2OSSi.3C4H9.Sn/c1-9-13-7-11-14(9)10(8-16-11)15-17(5,6)12(2,3)4;3*1-3-4-2;/h7H,1-6H3;3*1,3-4H2,2H3;. The van der Waals surface area contributed by atoms with Gasteiger partial charge in [0.25, 0.3) is 0 Å². The average Bonchev–Trinajstić information content (AvgIpc) is 3.21. The first-order valence-electron chi connectivity index (χ1n) is 12.2. The van der Waals surface area contributed by atoms with Crippen molar-refractivity contribution in [3.63, 3.8) is 0 Å². The summed E-state index contributed by atoms with van der Waals surface area (Å²) in [6, 6.07) is 0. The van der Waals surface area contributed by atoms with Crippen LogP contribution >= 0.6 is 11.3 Å². The van der Waals surface area contributed by atoms with Gasteiger partial charge in [0, 0.05) is 0 Å². The first kappa shape index (κ1) is 26.2. The van der Waals surface area contributed by atoms with Crippen LogP contribution in [0.3, 0.4) is 0 Å². The van der Waals surface area contributed by atoms with Crippen molar-refractivity contribution in [3.05, 3.63) is 12.0 Å². The summed E-state index contributed by atoms with van der Waals surface area (Å²) in [4.78, 5) is 5.94. The summed E-state index contributed by atoms with van der Waals surface area (Å²) in [6.45, 7) is 21.1. The second-order valence-corrected chi connectivity index (χ2v) is 30.5. The van der Waals surface area contributed by atoms with Crippen molar-refractivity contribution in [2.45, 2.75) is 118 Å². The molecule has 2 aromatic rings. The number of nitrogens with zero attached hydrogens (tertiary/aromatic N) is 2. The molecule has 172 valence electrons. The van der Waals surface area contributed by atoms with Gasteiger partial charge in [-0.1, -0.05) is 0 Å². The van der Waals surface area contributed by atoms with E-state index in [0.29, 0.717) is 0 Å². The summed E-state index contributed by atoms with van der Waals surface area (Å²) in [5, 5.41) is 0.196. The Kier molecular flexibility index (Phi) is 9.39. The monoisotopic (exact) mass is 558 g/mol. The van der Waals surface area contributed by atoms with E-state index < -0.39 is 26.7 Å². The third-order valence-electron chi connectivity index (χ3n) is 7.18. The number of aryl methyl sites for hydroxylation is 1. The van der Waals surface area contributed by atoms with E-state index in [4.69, 9.17) is 4.43 Å². The molecule has 30 heavy (non-hydrogen) atoms. The molecule has 6 heteroatoms. The maximum atomic E-state index is 7.16. The third-order valence-corrected chi connectivity index (χ3v) is 30.7. The van der Waals surface area contributed by atoms with E-state index >= 15 is 0 Å². The zero-order valence-corrected chi connectivity index (χ0v) is 25.8. The van der Waals surface area contributed by atoms with Crippen LogP contribution in [0.2, 0.25) is 31.4 Å². The van der Waals surface area contributed by atoms with Gasteiger partial charge in [0.15, 0.2) is 0 Å². The van der Waals surface area contributed by atoms with Crippen LogP contribution in [0.5, 0.6) is 5.88 Å². The Morgan fingerprint density at radius 2 is 1.50 bits per heavy atom. The van der Waals surface area contributed by atoms with Crippen LogP contribution in [0.1, 0.15) is 85.9 Å². The number of hydrogen-bond acceptors (Lipinski definition) is 3. The zero-order valence-electron chi connectivity index (χ0n) is 21.2. The number of thiazole rings is 1. The Balaban J connectivity index is 2.69. The van der Waals surface area contributed by atoms with Crippen molar-refractivity contribution < 1.29 is 4.43 Å². The van der Waals surface area contributed by atoms with Gasteiger partial charge in [-0.3, -0.25) is 0 Å². The predicted octanol–water partition coefficient (Wildman–Crippen LogP) is 8.14. The van der Waals surface area contributed by atoms with E-state index in [0.717, 1.165) is 5.82 Å². The molecule has 0 bridgehead atoms. The number of hydrogen-bond donors (Lipinski definition) is 0. The molecule has 0 aliphatic heterocycles. The molecule has 0 aliphatic rings. The van der Waals surface area contributed by atoms with Crippen LogP contribution in [-0.2, 0) is 0 Å². The van der Waals surface area contributed by atoms with Gasteiger partial charge in [0.2, 0.25) is 0 Å². The minimum absolute atomic E-state index is 0.196. The topological polar surface area (TPSA) is 26.5 Å². The van der Waals surface area contributed by atoms with Crippen molar-refractivity contribution in [2.24, 2.45) is 0 Å². The summed E-state index contributed by atoms with van der Waals surface area (Å²) in [7, 11) is -1.94. The summed E-state index contributed by atoms with van der Waals surface area (Å²) >= 11 is -0.554. The van der Waals surface area contributed by atoms with Gasteiger partial charge >= 0.3 is 196 Å². The van der Waals surface area contributed by atoms with Gasteiger partial charge in [0.1, 0.15) is 0 Å². The Morgan fingerprint density at radius 1 is 1.00 bits per heavy atom. The maximum absolute atomic E-state index is 7.16. The van der Waals surface area contributed by atoms with E-state index in [-0.39, 0.29) is 5.04 Å². The Morgan fingerprint density at radius 3 is 1.93 bits per heavy atom. The summed E-state index contributed by atoms with van der Waals surface area (Å²) in [5.74, 6) is 2.30. The van der Waals surface area contributed by atoms with Crippen molar-refractivity contribution >= 4 is 45.8 Å². The average molecular weight is 558 g/mol. The molecule has 2 rings (SSSR count). The fourth-order valence-corrected chi connectivity index (χ4v) is 26.0. The van der Waals surface area contributed by atoms with Gasteiger partial charge in [0.05, 0.1) is 0 Å². The molecular formula is C24H46N2OSSiSn. The Bertz CT molecular complexity index is 784. The number of imidazole rings is 1. The molecule has 2 heterocycles. The first-order chi connectivity index (χ1) is 14.0. The molecule has 3 nitrogen and oxygen atoms in total. The summed E-state index contributed by atoms with van der Waals surface area (Å²) in [6.07, 6.45) is 10.1. The van der Waals surface area contributed by atoms with Gasteiger partial charge in [-0.2, -0.15) is 0 Å². The fourth-order valence-electron chi connectivity index (χ4n) is 4.08. The van der Waals surface area contributed by atoms with Crippen LogP contribution < -0.4 is 7.32 Å². The number of aromatic nitrogens is 2. The number of unbranched alkanes of at least 4 members (excludes halogenated alkanes) is 3. The molecule has 0 spiro atoms. The normalized spacial score (nSPS) is 13.4. The van der Waals surface area contributed by atoms with Crippen LogP contribution in [0, 0.1) is 6.92 Å². The van der Waals surface area contributed by atoms with E-state index in [9.17, 15) is 0 Å². The molecule has 0 aromatic carbocycles. The van der Waals surface area contributed by atoms with Gasteiger partial charge in [-0.25, -0.2) is 0 Å². The van der Waals surface area contributed by atoms with Gasteiger partial charge in [-0.05, 0) is 0 Å². The van der Waals surface area contributed by atoms with E-state index in [1.165, 1.54) is 62.5 Å². The van der Waals surface area contributed by atoms with Crippen molar-refractivity contribution in [2.75, 3.05) is 0 Å². The van der Waals surface area contributed by atoms with Crippen molar-refractivity contribution in [3.8, 4) is 5.88 Å². The fraction of sp³-hybridized carbons (Fsp3) is 0.792. The summed E-state index contributed by atoms with van der Waals surface area (Å²) < 4.78 is 15.7. The van der Waals surface area contributed by atoms with Crippen LogP contribution in [0.25, 0.3) is 4.83 Å². The molecule has 0 atom stereocenters. The van der Waals surface area contributed by atoms with E-state index in [2.05, 4.69) is 77.1 Å². The second-order valence-electron chi connectivity index (χ2n) is 10.7. The summed E-state index contributed by atoms with van der Waals surface area (Å²) in [5.41, 5.74) is 0. The second kappa shape index (κ2) is 10.7. The van der Waals surface area contributed by atoms with Gasteiger partial charge in [-0.15, -0.1) is 0 Å². The first-order valence-corrected chi connectivity index (χ1v) is 23.4. The molecule has 2 aromatic heterocycles. The quantitative estimate of drug-likeness (QED) is 0.246. The number of fused-ring (bicyclic) bond motifs is 1. The zero-order chi connectivity index (χ0) is 22.6. The molecule has 0 saturated heterocycles. The van der Waals surface area contributed by atoms with Crippen LogP contribution in [0.4, 0.5) is 0 Å². The van der Waals surface area contributed by atoms with E-state index in [1.54, 1.807) is 2.89 Å². The molecule has 0 amide bonds. The minimum atomic E-state index is -2.60. The molecule has 0 N–H and O–H groups in total. The SMILES string of the molecule is CCC[CH2][Sn]([CH2]CCC)([CH2]CCC)[c]1sc2cnc(C)n2c1O[Si](C)(C)C(C)(C)C. The van der Waals surface area contributed by atoms with Gasteiger partial charge < -0.3 is 0 Å². The van der Waals surface area contributed by atoms with Crippen LogP contribution in [-0.4, -0.2) is 36.1 Å². The Hall–Kier alpha value is -0.0144.